The third-order valence-corrected chi connectivity index (χ3v) is 7.08. The molecule has 17 heteroatoms. The molecule has 8 atom stereocenters. The van der Waals surface area contributed by atoms with Crippen LogP contribution in [0.3, 0.4) is 0 Å². The second-order valence-electron chi connectivity index (χ2n) is 9.43. The van der Waals surface area contributed by atoms with Crippen molar-refractivity contribution in [2.24, 2.45) is 0 Å². The predicted octanol–water partition coefficient (Wildman–Crippen LogP) is -2.51. The SMILES string of the molecule is CCCCCN(CC(O)C(O)C(O)C(O)CO)C(=S)[S-].CCCCCN(CC(O)C(O)C(O)C(O)CO)C(=S)[S-].[Cd+2]. The van der Waals surface area contributed by atoms with Gasteiger partial charge in [0.25, 0.3) is 0 Å². The third kappa shape index (κ3) is 20.4. The number of nitrogens with zero attached hydrogens (tertiary/aromatic N) is 2. The molecule has 0 spiro atoms. The summed E-state index contributed by atoms with van der Waals surface area (Å²) in [5.41, 5.74) is 0. The Labute approximate surface area is 285 Å². The molecule has 0 aromatic heterocycles. The van der Waals surface area contributed by atoms with E-state index in [0.717, 1.165) is 38.5 Å². The second kappa shape index (κ2) is 27.1. The van der Waals surface area contributed by atoms with Gasteiger partial charge < -0.3 is 111 Å². The van der Waals surface area contributed by atoms with Crippen molar-refractivity contribution in [3.8, 4) is 0 Å². The van der Waals surface area contributed by atoms with Gasteiger partial charge in [-0.15, -0.1) is 0 Å². The van der Waals surface area contributed by atoms with Gasteiger partial charge in [0, 0.05) is 26.2 Å². The first-order chi connectivity index (χ1) is 18.7. The van der Waals surface area contributed by atoms with Crippen LogP contribution in [-0.2, 0) is 52.6 Å². The molecule has 0 saturated carbocycles. The fraction of sp³-hybridized carbons (Fsp3) is 0.917. The van der Waals surface area contributed by atoms with Crippen LogP contribution in [0.1, 0.15) is 52.4 Å². The van der Waals surface area contributed by atoms with Gasteiger partial charge in [-0.25, -0.2) is 0 Å². The molecule has 0 rings (SSSR count). The first kappa shape index (κ1) is 46.2. The summed E-state index contributed by atoms with van der Waals surface area (Å²) in [6, 6.07) is 0. The molecule has 0 amide bonds. The Balaban J connectivity index is -0.000000688. The summed E-state index contributed by atoms with van der Waals surface area (Å²) in [6.07, 6.45) is -6.33. The van der Waals surface area contributed by atoms with Crippen LogP contribution in [0.4, 0.5) is 0 Å². The van der Waals surface area contributed by atoms with Gasteiger partial charge in [-0.3, -0.25) is 0 Å². The monoisotopic (exact) mass is 766 g/mol. The van der Waals surface area contributed by atoms with Crippen LogP contribution in [-0.4, -0.2) is 158 Å². The van der Waals surface area contributed by atoms with Crippen LogP contribution < -0.4 is 0 Å². The molecule has 0 fully saturated rings. The number of unbranched alkanes of at least 4 members (excludes halogenated alkanes) is 4. The molecular formula is C24H48CdN2O10S4. The van der Waals surface area contributed by atoms with Gasteiger partial charge in [-0.05, 0) is 12.8 Å². The zero-order valence-electron chi connectivity index (χ0n) is 23.8. The largest absolute Gasteiger partial charge is 2.00 e. The summed E-state index contributed by atoms with van der Waals surface area (Å²) in [4.78, 5) is 3.15. The van der Waals surface area contributed by atoms with Crippen molar-refractivity contribution < 1.29 is 78.4 Å². The Bertz CT molecular complexity index is 626. The van der Waals surface area contributed by atoms with Crippen molar-refractivity contribution in [1.29, 1.82) is 0 Å². The van der Waals surface area contributed by atoms with E-state index in [9.17, 15) is 40.9 Å². The predicted molar refractivity (Wildman–Crippen MR) is 164 cm³/mol. The number of thiocarbonyl (C=S) groups is 2. The van der Waals surface area contributed by atoms with Crippen molar-refractivity contribution in [1.82, 2.24) is 9.80 Å². The van der Waals surface area contributed by atoms with E-state index in [2.05, 4.69) is 13.8 Å². The fourth-order valence-corrected chi connectivity index (χ4v) is 4.08. The van der Waals surface area contributed by atoms with E-state index in [1.807, 2.05) is 0 Å². The fourth-order valence-electron chi connectivity index (χ4n) is 3.41. The Morgan fingerprint density at radius 3 is 1.05 bits per heavy atom. The maximum Gasteiger partial charge on any atom is 2.00 e. The third-order valence-electron chi connectivity index (χ3n) is 6.05. The van der Waals surface area contributed by atoms with Crippen LogP contribution >= 0.6 is 24.4 Å². The summed E-state index contributed by atoms with van der Waals surface area (Å²) in [5.74, 6) is 0. The molecule has 0 aliphatic heterocycles. The number of aliphatic hydroxyl groups is 10. The zero-order valence-corrected chi connectivity index (χ0v) is 31.1. The minimum Gasteiger partial charge on any atom is -0.411 e. The summed E-state index contributed by atoms with van der Waals surface area (Å²) >= 11 is 19.6. The number of hydrogen-bond acceptors (Lipinski definition) is 14. The molecule has 0 heterocycles. The maximum absolute atomic E-state index is 9.86. The van der Waals surface area contributed by atoms with Crippen molar-refractivity contribution >= 4 is 58.3 Å². The number of aliphatic hydroxyl groups excluding tert-OH is 10. The zero-order chi connectivity index (χ0) is 31.4. The quantitative estimate of drug-likeness (QED) is 0.0269. The van der Waals surface area contributed by atoms with Crippen LogP contribution in [0.5, 0.6) is 0 Å². The van der Waals surface area contributed by atoms with Gasteiger partial charge >= 0.3 is 27.3 Å². The van der Waals surface area contributed by atoms with Crippen LogP contribution in [0.2, 0.25) is 0 Å². The van der Waals surface area contributed by atoms with Crippen molar-refractivity contribution in [3.63, 3.8) is 0 Å². The van der Waals surface area contributed by atoms with E-state index in [0.29, 0.717) is 13.1 Å². The Morgan fingerprint density at radius 2 is 0.829 bits per heavy atom. The molecule has 10 N–H and O–H groups in total. The van der Waals surface area contributed by atoms with Crippen LogP contribution in [0, 0.1) is 0 Å². The molecule has 41 heavy (non-hydrogen) atoms. The molecular weight excluding hydrogens is 717 g/mol. The van der Waals surface area contributed by atoms with E-state index in [1.165, 1.54) is 0 Å². The molecule has 12 nitrogen and oxygen atoms in total. The van der Waals surface area contributed by atoms with Crippen LogP contribution in [0.25, 0.3) is 0 Å². The van der Waals surface area contributed by atoms with Gasteiger partial charge in [0.2, 0.25) is 0 Å². The van der Waals surface area contributed by atoms with E-state index in [4.69, 9.17) is 59.9 Å². The first-order valence-corrected chi connectivity index (χ1v) is 14.9. The summed E-state index contributed by atoms with van der Waals surface area (Å²) < 4.78 is 0.370. The Morgan fingerprint density at radius 1 is 0.561 bits per heavy atom. The molecule has 240 valence electrons. The maximum atomic E-state index is 9.86. The summed E-state index contributed by atoms with van der Waals surface area (Å²) in [5, 5.41) is 94.1. The normalized spacial score (nSPS) is 16.9. The Kier molecular flexibility index (Phi) is 30.5. The molecule has 8 unspecified atom stereocenters. The van der Waals surface area contributed by atoms with Gasteiger partial charge in [0.05, 0.1) is 25.4 Å². The van der Waals surface area contributed by atoms with Crippen molar-refractivity contribution in [2.75, 3.05) is 39.4 Å². The van der Waals surface area contributed by atoms with Crippen molar-refractivity contribution in [2.45, 2.75) is 101 Å². The molecule has 0 aliphatic rings. The van der Waals surface area contributed by atoms with Crippen LogP contribution in [0.15, 0.2) is 0 Å². The minimum absolute atomic E-state index is 0. The number of hydrogen-bond donors (Lipinski definition) is 10. The minimum atomic E-state index is -1.63. The van der Waals surface area contributed by atoms with E-state index < -0.39 is 62.0 Å². The molecule has 0 aromatic carbocycles. The number of rotatable bonds is 20. The average Bonchev–Trinajstić information content (AvgIpc) is 2.93. The van der Waals surface area contributed by atoms with Crippen molar-refractivity contribution in [3.05, 3.63) is 0 Å². The molecule has 0 aromatic rings. The Hall–Kier alpha value is 0.742. The smallest absolute Gasteiger partial charge is 0.411 e. The average molecular weight is 765 g/mol. The molecule has 0 aliphatic carbocycles. The first-order valence-electron chi connectivity index (χ1n) is 13.3. The van der Waals surface area contributed by atoms with E-state index >= 15 is 0 Å². The second-order valence-corrected chi connectivity index (χ2v) is 11.5. The summed E-state index contributed by atoms with van der Waals surface area (Å²) in [7, 11) is 0. The van der Waals surface area contributed by atoms with Gasteiger partial charge in [-0.1, -0.05) is 48.2 Å². The van der Waals surface area contributed by atoms with Gasteiger partial charge in [0.15, 0.2) is 0 Å². The molecule has 0 saturated heterocycles. The van der Waals surface area contributed by atoms with E-state index in [-0.39, 0.29) is 49.0 Å². The molecule has 0 bridgehead atoms. The molecule has 0 radical (unpaired) electrons. The standard InChI is InChI=1S/2C12H25NO5S2.Cd/c2*1-2-3-4-5-13(12(19)20)6-8(15)10(17)11(18)9(16)7-14;/h2*8-11,14-18H,2-7H2,1H3,(H,19,20);/q;;+2/p-2. The van der Waals surface area contributed by atoms with Gasteiger partial charge in [-0.2, -0.15) is 0 Å². The topological polar surface area (TPSA) is 209 Å². The van der Waals surface area contributed by atoms with E-state index in [1.54, 1.807) is 9.80 Å². The van der Waals surface area contributed by atoms with Gasteiger partial charge in [0.1, 0.15) is 36.6 Å². The summed E-state index contributed by atoms with van der Waals surface area (Å²) in [6.45, 7) is 3.79.